The lowest BCUT2D eigenvalue weighted by Crippen LogP contribution is -2.44. The number of H-pyrrole nitrogens is 3. The topological polar surface area (TPSA) is 785 Å². The molecule has 3 saturated heterocycles. The van der Waals surface area contributed by atoms with Crippen molar-refractivity contribution >= 4 is 150 Å². The minimum absolute atomic E-state index is 0.0156. The van der Waals surface area contributed by atoms with E-state index in [0.717, 1.165) is 20.0 Å². The van der Waals surface area contributed by atoms with Crippen LogP contribution in [0.15, 0.2) is 39.2 Å². The Morgan fingerprint density at radius 3 is 1.25 bits per heavy atom. The molecule has 0 aliphatic carbocycles. The summed E-state index contributed by atoms with van der Waals surface area (Å²) < 4.78 is 212. The predicted molar refractivity (Wildman–Crippen MR) is 325 cm³/mol. The van der Waals surface area contributed by atoms with Gasteiger partial charge in [0, 0.05) is 12.4 Å². The third-order valence-electron chi connectivity index (χ3n) is 13.3. The third-order valence-corrected chi connectivity index (χ3v) is 26.2. The number of rotatable bonds is 27. The van der Waals surface area contributed by atoms with Crippen molar-refractivity contribution < 1.29 is 186 Å². The first kappa shape index (κ1) is 86.6. The van der Waals surface area contributed by atoms with Gasteiger partial charge in [0.25, 0.3) is 16.7 Å². The monoisotopic (exact) mass is 1730 g/mol. The molecule has 3 aliphatic heterocycles. The van der Waals surface area contributed by atoms with Gasteiger partial charge in [0.15, 0.2) is 47.0 Å². The fourth-order valence-corrected chi connectivity index (χ4v) is 19.3. The predicted octanol–water partition coefficient (Wildman–Crippen LogP) is -0.173. The molecule has 0 amide bonds. The van der Waals surface area contributed by atoms with Crippen LogP contribution >= 0.6 is 105 Å². The second kappa shape index (κ2) is 31.4. The third kappa shape index (κ3) is 20.8. The number of fused-ring (bicyclic) bond motifs is 3. The number of nitrogen functional groups attached to an aromatic ring is 2. The molecule has 0 saturated carbocycles. The number of hydrogen-bond acceptors (Lipinski definition) is 33. The number of halogens is 7. The molecule has 18 atom stereocenters. The van der Waals surface area contributed by atoms with Crippen molar-refractivity contribution in [3.05, 3.63) is 67.5 Å². The van der Waals surface area contributed by atoms with Crippen molar-refractivity contribution in [2.24, 2.45) is 0 Å². The molecule has 9 unspecified atom stereocenters. The van der Waals surface area contributed by atoms with E-state index >= 15 is 0 Å². The number of nitrogens with one attached hydrogen (secondary N) is 3. The maximum Gasteiger partial charge on any atom is 0.490 e. The Kier molecular flexibility index (Phi) is 26.4. The summed E-state index contributed by atoms with van der Waals surface area (Å²) in [5.74, 6) is -1.66. The van der Waals surface area contributed by atoms with Crippen molar-refractivity contribution in [1.82, 2.24) is 48.6 Å². The van der Waals surface area contributed by atoms with Gasteiger partial charge in [0.2, 0.25) is 11.9 Å². The van der Waals surface area contributed by atoms with Crippen LogP contribution in [-0.4, -0.2) is 214 Å². The van der Waals surface area contributed by atoms with E-state index in [-0.39, 0.29) is 45.6 Å². The lowest BCUT2D eigenvalue weighted by molar-refractivity contribution is -0.0438. The van der Waals surface area contributed by atoms with Gasteiger partial charge in [-0.15, -0.1) is 34.8 Å². The van der Waals surface area contributed by atoms with Crippen LogP contribution in [0.3, 0.4) is 0 Å². The second-order valence-electron chi connectivity index (χ2n) is 20.7. The molecule has 9 heterocycles. The summed E-state index contributed by atoms with van der Waals surface area (Å²) in [6.45, 7) is -6.35. The van der Waals surface area contributed by atoms with Crippen molar-refractivity contribution in [3.8, 4) is 0 Å². The maximum atomic E-state index is 14.4. The molecule has 3 aliphatic rings. The Labute approximate surface area is 578 Å². The molecular formula is C36H50Cl3F4N12O39P9. The maximum absolute atomic E-state index is 14.4. The van der Waals surface area contributed by atoms with Crippen LogP contribution in [0.1, 0.15) is 24.5 Å². The van der Waals surface area contributed by atoms with Crippen molar-refractivity contribution in [3.63, 3.8) is 0 Å². The van der Waals surface area contributed by atoms with Crippen LogP contribution in [0.2, 0.25) is 0 Å². The van der Waals surface area contributed by atoms with E-state index in [0.29, 0.717) is 6.20 Å². The average Bonchev–Trinajstić information content (AvgIpc) is 1.61. The van der Waals surface area contributed by atoms with Crippen LogP contribution in [0.5, 0.6) is 0 Å². The molecule has 6 aromatic heterocycles. The first-order valence-electron chi connectivity index (χ1n) is 26.3. The molecule has 51 nitrogen and oxygen atoms in total. The second-order valence-corrected chi connectivity index (χ2v) is 36.0. The van der Waals surface area contributed by atoms with Gasteiger partial charge in [-0.05, 0) is 13.0 Å². The molecule has 6 aromatic rings. The molecule has 103 heavy (non-hydrogen) atoms. The van der Waals surface area contributed by atoms with Crippen LogP contribution < -0.4 is 28.1 Å². The number of anilines is 2. The Hall–Kier alpha value is -3.63. The van der Waals surface area contributed by atoms with Gasteiger partial charge in [0.05, 0.1) is 31.5 Å². The Balaban J connectivity index is 0.000000216. The van der Waals surface area contributed by atoms with Crippen molar-refractivity contribution in [2.45, 2.75) is 76.9 Å². The van der Waals surface area contributed by atoms with Gasteiger partial charge >= 0.3 is 70.4 Å². The zero-order valence-electron chi connectivity index (χ0n) is 49.7. The van der Waals surface area contributed by atoms with Crippen LogP contribution in [0, 0.1) is 12.7 Å². The summed E-state index contributed by atoms with van der Waals surface area (Å²) in [6.07, 6.45) is -13.0. The molecule has 0 radical (unpaired) electrons. The minimum atomic E-state index is -5.81. The highest BCUT2D eigenvalue weighted by molar-refractivity contribution is 7.67. The van der Waals surface area contributed by atoms with E-state index < -0.39 is 208 Å². The molecule has 22 N–H and O–H groups in total. The van der Waals surface area contributed by atoms with Crippen LogP contribution in [0.25, 0.3) is 33.2 Å². The number of phosphoric ester groups is 3. The van der Waals surface area contributed by atoms with E-state index in [1.165, 1.54) is 19.2 Å². The Morgan fingerprint density at radius 1 is 0.515 bits per heavy atom. The Bertz CT molecular complexity index is 4640. The number of aliphatic hydroxyl groups is 3. The molecule has 0 aromatic carbocycles. The van der Waals surface area contributed by atoms with Gasteiger partial charge < -0.3 is 114 Å². The van der Waals surface area contributed by atoms with Gasteiger partial charge in [-0.3, -0.25) is 42.5 Å². The summed E-state index contributed by atoms with van der Waals surface area (Å²) in [7, 11) is -50.9. The highest BCUT2D eigenvalue weighted by Crippen LogP contribution is 2.69. The summed E-state index contributed by atoms with van der Waals surface area (Å²) in [6, 6.07) is 1.28. The summed E-state index contributed by atoms with van der Waals surface area (Å²) in [5, 5.41) is 31.0. The molecule has 3 fully saturated rings. The number of phosphoric acid groups is 9. The fraction of sp³-hybridized carbons (Fsp3) is 0.528. The Morgan fingerprint density at radius 2 is 0.874 bits per heavy atom. The average molecular weight is 1740 g/mol. The highest BCUT2D eigenvalue weighted by Gasteiger charge is 2.61. The van der Waals surface area contributed by atoms with Crippen molar-refractivity contribution in [2.75, 3.05) is 51.3 Å². The summed E-state index contributed by atoms with van der Waals surface area (Å²) >= 11 is 18.7. The van der Waals surface area contributed by atoms with Crippen molar-refractivity contribution in [1.29, 1.82) is 0 Å². The number of aromatic amines is 3. The molecule has 9 rings (SSSR count). The number of ether oxygens (including phenoxy) is 3. The number of nitrogens with two attached hydrogens (primary N) is 2. The lowest BCUT2D eigenvalue weighted by atomic mass is 10.00. The first-order chi connectivity index (χ1) is 46.8. The smallest absolute Gasteiger partial charge is 0.388 e. The van der Waals surface area contributed by atoms with E-state index in [4.69, 9.17) is 94.7 Å². The first-order valence-corrected chi connectivity index (χ1v) is 41.0. The molecule has 582 valence electrons. The number of imidazole rings is 1. The number of aromatic nitrogens is 10. The standard InChI is InChI=1S/C13H17ClF2N3O13P3.C12H17ClFN4O13P3.C11H16ClFN5O13P3/c1-5-17-10-8(11(21)18-5)6(16)2-19(10)12-13(14,4-15)9(20)7(30-12)3-29-34(25,26)32-35(27,28)31-33(22,23)24;13-12(4-14)7(19)6(3-28-33(24,25)31-34(26,27)30-32(21,22)23)29-10(12)18-2-1-5-8(18)16-11(15)17-9(5)20;12-11(2-13)6(19)4(1-28-33(24,25)31-34(26,27)30-32(21,22)23)29-9(11)18-3-15-5-7(18)16-10(14)17-8(5)20/h2,7,9,12,20H,3-4H2,1H3,(H,25,26)(H,27,28)(H,17,18,21)(H2,22,23,24);1-2,6-7,10,19H,3-4H2,(H,24,25)(H,26,27)(H2,21,22,23)(H3,15,16,17,20);3-4,6,9,19H,1-2H2,(H,24,25)(H,26,27)(H2,21,22,23)(H3,14,16,17,20)/t7-,9+,12-,13?;6-,7+,10-,12?;4-,6+,9-,11?/m111/s1. The number of nitrogens with zero attached hydrogens (tertiary/aromatic N) is 7. The quantitative estimate of drug-likeness (QED) is 0.0181. The largest absolute Gasteiger partial charge is 0.490 e. The van der Waals surface area contributed by atoms with E-state index in [9.17, 15) is 113 Å². The van der Waals surface area contributed by atoms with Crippen LogP contribution in [-0.2, 0) is 94.7 Å². The minimum Gasteiger partial charge on any atom is -0.388 e. The van der Waals surface area contributed by atoms with E-state index in [1.54, 1.807) is 0 Å². The SMILES string of the molecule is Cc1nc2c(c(F)cn2[C@@H]2O[C@H](COP(=O)(O)OP(=O)(O)OP(=O)(O)O)[C@H](O)C2(Cl)CF)c(=O)[nH]1.Nc1nc2c(ccn2[C@@H]2O[C@H](COP(=O)(O)OP(=O)(O)OP(=O)(O)O)[C@H](O)C2(Cl)CF)c(=O)[nH]1.Nc1nc2c(ncn2[C@@H]2O[C@H](COP(=O)(O)OP(=O)(O)OP(=O)(O)O)[C@H](O)C2(Cl)CF)c(=O)[nH]1. The highest BCUT2D eigenvalue weighted by atomic mass is 35.5. The molecule has 67 heteroatoms. The van der Waals surface area contributed by atoms with Gasteiger partial charge in [-0.1, -0.05) is 0 Å². The number of hydrogen-bond donors (Lipinski definition) is 20. The zero-order valence-corrected chi connectivity index (χ0v) is 60.0. The molecule has 0 spiro atoms. The number of aryl methyl sites for hydroxylation is 1. The van der Waals surface area contributed by atoms with Gasteiger partial charge in [-0.25, -0.2) is 68.6 Å². The van der Waals surface area contributed by atoms with Gasteiger partial charge in [0.1, 0.15) is 82.5 Å². The summed E-state index contributed by atoms with van der Waals surface area (Å²) in [5.41, 5.74) is 7.90. The normalized spacial score (nSPS) is 29.1. The number of alkyl halides is 6. The van der Waals surface area contributed by atoms with E-state index in [2.05, 4.69) is 74.3 Å². The van der Waals surface area contributed by atoms with E-state index in [1.807, 2.05) is 0 Å². The number of aliphatic hydroxyl groups excluding tert-OH is 3. The van der Waals surface area contributed by atoms with Crippen LogP contribution in [0.4, 0.5) is 29.5 Å². The lowest BCUT2D eigenvalue weighted by Gasteiger charge is -2.28. The van der Waals surface area contributed by atoms with Gasteiger partial charge in [-0.2, -0.15) is 35.8 Å². The molecule has 0 bridgehead atoms. The molecular weight excluding hydrogens is 1690 g/mol. The fourth-order valence-electron chi connectivity index (χ4n) is 9.32. The zero-order chi connectivity index (χ0) is 77.9. The summed E-state index contributed by atoms with van der Waals surface area (Å²) in [4.78, 5) is 159.